The number of ether oxygens (including phenoxy) is 2. The molecule has 2 aromatic carbocycles. The predicted octanol–water partition coefficient (Wildman–Crippen LogP) is 2.02. The van der Waals surface area contributed by atoms with E-state index in [1.165, 1.54) is 12.1 Å². The van der Waals surface area contributed by atoms with E-state index in [0.717, 1.165) is 5.56 Å². The first-order chi connectivity index (χ1) is 11.8. The minimum atomic E-state index is -3.85. The van der Waals surface area contributed by atoms with E-state index in [4.69, 9.17) is 14.6 Å². The summed E-state index contributed by atoms with van der Waals surface area (Å²) in [4.78, 5) is 12.0. The number of carbonyl (C=O) groups excluding carboxylic acids is 1. The van der Waals surface area contributed by atoms with Crippen LogP contribution in [0.15, 0.2) is 47.4 Å². The molecule has 0 atom stereocenters. The molecule has 25 heavy (non-hydrogen) atoms. The number of rotatable bonds is 4. The summed E-state index contributed by atoms with van der Waals surface area (Å²) in [5.41, 5.74) is 1.62. The van der Waals surface area contributed by atoms with Gasteiger partial charge in [0.25, 0.3) is 0 Å². The Bertz CT molecular complexity index is 967. The van der Waals surface area contributed by atoms with Crippen molar-refractivity contribution in [2.24, 2.45) is 5.14 Å². The lowest BCUT2D eigenvalue weighted by Gasteiger charge is -2.07. The number of fused-ring (bicyclic) bond motifs is 1. The number of anilines is 1. The standard InChI is InChI=1S/C17H16N2O5S/c1-11-2-5-13(9-16(11)25(18,21)22)19-17(20)7-4-12-3-6-14-15(8-12)24-10-23-14/h2-9H,10H2,1H3,(H,19,20)(H2,18,21,22)/b7-4+. The van der Waals surface area contributed by atoms with Crippen molar-refractivity contribution in [1.82, 2.24) is 0 Å². The number of hydrogen-bond donors (Lipinski definition) is 2. The molecule has 0 aromatic heterocycles. The van der Waals surface area contributed by atoms with Crippen molar-refractivity contribution in [1.29, 1.82) is 0 Å². The Kier molecular flexibility index (Phi) is 4.47. The quantitative estimate of drug-likeness (QED) is 0.811. The van der Waals surface area contributed by atoms with Gasteiger partial charge in [-0.3, -0.25) is 4.79 Å². The molecule has 7 nitrogen and oxygen atoms in total. The fraction of sp³-hybridized carbons (Fsp3) is 0.118. The zero-order valence-corrected chi connectivity index (χ0v) is 14.2. The minimum Gasteiger partial charge on any atom is -0.454 e. The van der Waals surface area contributed by atoms with Gasteiger partial charge in [0.15, 0.2) is 11.5 Å². The van der Waals surface area contributed by atoms with Crippen LogP contribution in [-0.4, -0.2) is 21.1 Å². The van der Waals surface area contributed by atoms with E-state index >= 15 is 0 Å². The molecule has 0 bridgehead atoms. The first kappa shape index (κ1) is 17.0. The summed E-state index contributed by atoms with van der Waals surface area (Å²) >= 11 is 0. The molecule has 1 heterocycles. The number of aryl methyl sites for hydroxylation is 1. The van der Waals surface area contributed by atoms with Gasteiger partial charge in [0.1, 0.15) is 0 Å². The summed E-state index contributed by atoms with van der Waals surface area (Å²) in [6, 6.07) is 9.84. The third-order valence-corrected chi connectivity index (χ3v) is 4.64. The van der Waals surface area contributed by atoms with Gasteiger partial charge in [-0.25, -0.2) is 13.6 Å². The van der Waals surface area contributed by atoms with Gasteiger partial charge in [0, 0.05) is 11.8 Å². The lowest BCUT2D eigenvalue weighted by molar-refractivity contribution is -0.111. The van der Waals surface area contributed by atoms with Gasteiger partial charge in [-0.1, -0.05) is 12.1 Å². The van der Waals surface area contributed by atoms with Crippen LogP contribution in [-0.2, 0) is 14.8 Å². The van der Waals surface area contributed by atoms with E-state index in [9.17, 15) is 13.2 Å². The maximum atomic E-state index is 12.0. The zero-order valence-electron chi connectivity index (χ0n) is 13.4. The second-order valence-corrected chi connectivity index (χ2v) is 6.99. The highest BCUT2D eigenvalue weighted by atomic mass is 32.2. The Morgan fingerprint density at radius 3 is 2.68 bits per heavy atom. The molecule has 3 rings (SSSR count). The molecule has 0 saturated heterocycles. The minimum absolute atomic E-state index is 0.0231. The van der Waals surface area contributed by atoms with Crippen LogP contribution in [0.5, 0.6) is 11.5 Å². The van der Waals surface area contributed by atoms with Gasteiger partial charge in [-0.15, -0.1) is 0 Å². The number of benzene rings is 2. The third kappa shape index (κ3) is 3.98. The van der Waals surface area contributed by atoms with E-state index in [2.05, 4.69) is 5.32 Å². The first-order valence-corrected chi connectivity index (χ1v) is 8.90. The average Bonchev–Trinajstić information content (AvgIpc) is 3.01. The highest BCUT2D eigenvalue weighted by Gasteiger charge is 2.13. The van der Waals surface area contributed by atoms with Gasteiger partial charge in [0.2, 0.25) is 22.7 Å². The van der Waals surface area contributed by atoms with Gasteiger partial charge in [0.05, 0.1) is 4.90 Å². The molecule has 2 aromatic rings. The number of carbonyl (C=O) groups is 1. The molecule has 0 aliphatic carbocycles. The summed E-state index contributed by atoms with van der Waals surface area (Å²) in [7, 11) is -3.85. The molecule has 130 valence electrons. The van der Waals surface area contributed by atoms with E-state index in [-0.39, 0.29) is 11.7 Å². The Hall–Kier alpha value is -2.84. The Balaban J connectivity index is 1.72. The lowest BCUT2D eigenvalue weighted by Crippen LogP contribution is -2.15. The van der Waals surface area contributed by atoms with Crippen LogP contribution in [0.1, 0.15) is 11.1 Å². The topological polar surface area (TPSA) is 108 Å². The highest BCUT2D eigenvalue weighted by molar-refractivity contribution is 7.89. The van der Waals surface area contributed by atoms with Crippen LogP contribution in [0, 0.1) is 6.92 Å². The predicted molar refractivity (Wildman–Crippen MR) is 92.8 cm³/mol. The molecule has 0 fully saturated rings. The molecule has 0 saturated carbocycles. The van der Waals surface area contributed by atoms with Crippen LogP contribution in [0.2, 0.25) is 0 Å². The summed E-state index contributed by atoms with van der Waals surface area (Å²) in [5.74, 6) is 0.887. The van der Waals surface area contributed by atoms with Gasteiger partial charge >= 0.3 is 0 Å². The van der Waals surface area contributed by atoms with Crippen molar-refractivity contribution in [2.75, 3.05) is 12.1 Å². The Labute approximate surface area is 145 Å². The van der Waals surface area contributed by atoms with Crippen LogP contribution in [0.3, 0.4) is 0 Å². The molecule has 0 radical (unpaired) electrons. The second kappa shape index (κ2) is 6.58. The summed E-state index contributed by atoms with van der Waals surface area (Å²) in [6.07, 6.45) is 2.96. The van der Waals surface area contributed by atoms with Gasteiger partial charge < -0.3 is 14.8 Å². The average molecular weight is 360 g/mol. The molecule has 3 N–H and O–H groups in total. The van der Waals surface area contributed by atoms with E-state index in [1.54, 1.807) is 43.3 Å². The zero-order chi connectivity index (χ0) is 18.0. The largest absolute Gasteiger partial charge is 0.454 e. The summed E-state index contributed by atoms with van der Waals surface area (Å²) < 4.78 is 33.5. The van der Waals surface area contributed by atoms with Gasteiger partial charge in [-0.05, 0) is 48.4 Å². The smallest absolute Gasteiger partial charge is 0.248 e. The van der Waals surface area contributed by atoms with Crippen molar-refractivity contribution in [2.45, 2.75) is 11.8 Å². The first-order valence-electron chi connectivity index (χ1n) is 7.35. The fourth-order valence-electron chi connectivity index (χ4n) is 2.36. The van der Waals surface area contributed by atoms with Crippen LogP contribution < -0.4 is 19.9 Å². The van der Waals surface area contributed by atoms with Crippen molar-refractivity contribution >= 4 is 27.7 Å². The summed E-state index contributed by atoms with van der Waals surface area (Å²) in [6.45, 7) is 1.81. The van der Waals surface area contributed by atoms with E-state index in [1.807, 2.05) is 0 Å². The van der Waals surface area contributed by atoms with Crippen LogP contribution in [0.25, 0.3) is 6.08 Å². The van der Waals surface area contributed by atoms with Crippen molar-refractivity contribution in [3.63, 3.8) is 0 Å². The number of nitrogens with two attached hydrogens (primary N) is 1. The van der Waals surface area contributed by atoms with E-state index < -0.39 is 15.9 Å². The van der Waals surface area contributed by atoms with E-state index in [0.29, 0.717) is 22.7 Å². The van der Waals surface area contributed by atoms with Crippen molar-refractivity contribution < 1.29 is 22.7 Å². The maximum Gasteiger partial charge on any atom is 0.248 e. The summed E-state index contributed by atoms with van der Waals surface area (Å²) in [5, 5.41) is 7.76. The number of amides is 1. The van der Waals surface area contributed by atoms with Gasteiger partial charge in [-0.2, -0.15) is 0 Å². The number of nitrogens with one attached hydrogen (secondary N) is 1. The van der Waals surface area contributed by atoms with Crippen LogP contribution in [0.4, 0.5) is 5.69 Å². The van der Waals surface area contributed by atoms with Crippen molar-refractivity contribution in [3.8, 4) is 11.5 Å². The maximum absolute atomic E-state index is 12.0. The normalized spacial score (nSPS) is 13.2. The lowest BCUT2D eigenvalue weighted by atomic mass is 10.2. The molecule has 1 aliphatic rings. The number of sulfonamides is 1. The van der Waals surface area contributed by atoms with Crippen molar-refractivity contribution in [3.05, 3.63) is 53.6 Å². The van der Waals surface area contributed by atoms with Crippen LogP contribution >= 0.6 is 0 Å². The molecule has 8 heteroatoms. The Morgan fingerprint density at radius 1 is 1.16 bits per heavy atom. The third-order valence-electron chi connectivity index (χ3n) is 3.59. The second-order valence-electron chi connectivity index (χ2n) is 5.46. The molecule has 0 spiro atoms. The molecular weight excluding hydrogens is 344 g/mol. The number of hydrogen-bond acceptors (Lipinski definition) is 5. The highest BCUT2D eigenvalue weighted by Crippen LogP contribution is 2.32. The fourth-order valence-corrected chi connectivity index (χ4v) is 3.17. The molecule has 0 unspecified atom stereocenters. The number of primary sulfonamides is 1. The molecular formula is C17H16N2O5S. The molecule has 1 amide bonds. The monoisotopic (exact) mass is 360 g/mol. The Morgan fingerprint density at radius 2 is 1.92 bits per heavy atom. The molecule has 1 aliphatic heterocycles. The SMILES string of the molecule is Cc1ccc(NC(=O)/C=C/c2ccc3c(c2)OCO3)cc1S(N)(=O)=O.